The van der Waals surface area contributed by atoms with E-state index in [-0.39, 0.29) is 11.3 Å². The summed E-state index contributed by atoms with van der Waals surface area (Å²) < 4.78 is 0. The van der Waals surface area contributed by atoms with Gasteiger partial charge in [-0.05, 0) is 55.7 Å². The van der Waals surface area contributed by atoms with Crippen molar-refractivity contribution >= 4 is 35.3 Å². The number of hydrogen-bond donors (Lipinski definition) is 1. The molecule has 0 aromatic heterocycles. The molecule has 0 bridgehead atoms. The highest BCUT2D eigenvalue weighted by molar-refractivity contribution is 6.39. The van der Waals surface area contributed by atoms with Crippen molar-refractivity contribution in [1.82, 2.24) is 5.32 Å². The summed E-state index contributed by atoms with van der Waals surface area (Å²) in [5.74, 6) is -1.64. The van der Waals surface area contributed by atoms with Crippen LogP contribution in [0.4, 0.5) is 16.2 Å². The molecule has 2 aromatic rings. The maximum absolute atomic E-state index is 12.9. The van der Waals surface area contributed by atoms with Crippen LogP contribution < -0.4 is 10.2 Å². The van der Waals surface area contributed by atoms with Crippen molar-refractivity contribution in [3.8, 4) is 0 Å². The molecule has 28 heavy (non-hydrogen) atoms. The molecule has 2 aromatic carbocycles. The van der Waals surface area contributed by atoms with Crippen LogP contribution in [0.25, 0.3) is 6.08 Å². The third-order valence-corrected chi connectivity index (χ3v) is 4.31. The molecule has 142 valence electrons. The maximum Gasteiger partial charge on any atom is 0.335 e. The topological polar surface area (TPSA) is 110 Å². The van der Waals surface area contributed by atoms with Gasteiger partial charge in [0, 0.05) is 11.6 Å². The van der Waals surface area contributed by atoms with Crippen molar-refractivity contribution in [2.24, 2.45) is 0 Å². The van der Waals surface area contributed by atoms with Crippen molar-refractivity contribution in [1.29, 1.82) is 0 Å². The molecule has 1 aliphatic rings. The molecule has 0 unspecified atom stereocenters. The summed E-state index contributed by atoms with van der Waals surface area (Å²) in [6.45, 7) is 5.25. The number of benzene rings is 2. The number of nitrogens with one attached hydrogen (secondary N) is 1. The van der Waals surface area contributed by atoms with E-state index in [1.165, 1.54) is 18.2 Å². The van der Waals surface area contributed by atoms with E-state index < -0.39 is 22.8 Å². The van der Waals surface area contributed by atoms with Crippen molar-refractivity contribution in [2.45, 2.75) is 20.8 Å². The Kier molecular flexibility index (Phi) is 4.79. The van der Waals surface area contributed by atoms with Crippen molar-refractivity contribution in [2.75, 3.05) is 4.90 Å². The number of anilines is 1. The first kappa shape index (κ1) is 19.0. The average molecular weight is 379 g/mol. The van der Waals surface area contributed by atoms with Crippen LogP contribution in [-0.2, 0) is 9.59 Å². The second-order valence-corrected chi connectivity index (χ2v) is 6.61. The lowest BCUT2D eigenvalue weighted by Crippen LogP contribution is -2.54. The number of nitro groups is 1. The Hall–Kier alpha value is -3.81. The number of amides is 4. The van der Waals surface area contributed by atoms with Crippen LogP contribution in [0.3, 0.4) is 0 Å². The summed E-state index contributed by atoms with van der Waals surface area (Å²) in [5, 5.41) is 13.3. The fourth-order valence-electron chi connectivity index (χ4n) is 3.05. The Labute approximate surface area is 160 Å². The minimum Gasteiger partial charge on any atom is -0.273 e. The Balaban J connectivity index is 2.06. The SMILES string of the molecule is Cc1cc(C)cc(N2C(=O)NC(=O)/C(=C\c3ccc(C)c([N+](=O)[O-])c3)C2=O)c1. The Bertz CT molecular complexity index is 1050. The average Bonchev–Trinajstić information content (AvgIpc) is 2.58. The van der Waals surface area contributed by atoms with E-state index in [9.17, 15) is 24.5 Å². The number of carbonyl (C=O) groups excluding carboxylic acids is 3. The van der Waals surface area contributed by atoms with Crippen LogP contribution in [0.1, 0.15) is 22.3 Å². The number of imide groups is 2. The molecule has 0 aliphatic carbocycles. The Morgan fingerprint density at radius 2 is 1.64 bits per heavy atom. The molecule has 0 saturated carbocycles. The van der Waals surface area contributed by atoms with Gasteiger partial charge < -0.3 is 0 Å². The highest BCUT2D eigenvalue weighted by atomic mass is 16.6. The van der Waals surface area contributed by atoms with E-state index in [1.54, 1.807) is 25.1 Å². The van der Waals surface area contributed by atoms with Gasteiger partial charge in [-0.15, -0.1) is 0 Å². The van der Waals surface area contributed by atoms with Crippen molar-refractivity contribution in [3.63, 3.8) is 0 Å². The van der Waals surface area contributed by atoms with Crippen LogP contribution in [0, 0.1) is 30.9 Å². The number of rotatable bonds is 3. The molecule has 8 heteroatoms. The van der Waals surface area contributed by atoms with E-state index in [2.05, 4.69) is 5.32 Å². The van der Waals surface area contributed by atoms with Gasteiger partial charge in [0.25, 0.3) is 17.5 Å². The van der Waals surface area contributed by atoms with Gasteiger partial charge in [0.15, 0.2) is 0 Å². The molecular formula is C20H17N3O5. The fraction of sp³-hybridized carbons (Fsp3) is 0.150. The highest BCUT2D eigenvalue weighted by Crippen LogP contribution is 2.26. The summed E-state index contributed by atoms with van der Waals surface area (Å²) in [4.78, 5) is 48.9. The molecule has 0 spiro atoms. The van der Waals surface area contributed by atoms with Gasteiger partial charge in [-0.1, -0.05) is 18.2 Å². The Morgan fingerprint density at radius 3 is 2.25 bits per heavy atom. The predicted molar refractivity (Wildman–Crippen MR) is 103 cm³/mol. The van der Waals surface area contributed by atoms with Gasteiger partial charge >= 0.3 is 6.03 Å². The van der Waals surface area contributed by atoms with Crippen LogP contribution in [0.15, 0.2) is 42.0 Å². The van der Waals surface area contributed by atoms with Gasteiger partial charge in [-0.3, -0.25) is 25.0 Å². The number of barbiturate groups is 1. The lowest BCUT2D eigenvalue weighted by molar-refractivity contribution is -0.385. The van der Waals surface area contributed by atoms with Crippen LogP contribution in [0.5, 0.6) is 0 Å². The van der Waals surface area contributed by atoms with Crippen LogP contribution in [-0.4, -0.2) is 22.8 Å². The molecule has 8 nitrogen and oxygen atoms in total. The second kappa shape index (κ2) is 7.07. The van der Waals surface area contributed by atoms with Gasteiger partial charge in [-0.2, -0.15) is 0 Å². The molecular weight excluding hydrogens is 362 g/mol. The van der Waals surface area contributed by atoms with Gasteiger partial charge in [0.1, 0.15) is 5.57 Å². The number of carbonyl (C=O) groups is 3. The first-order chi connectivity index (χ1) is 13.2. The molecule has 1 fully saturated rings. The fourth-order valence-corrected chi connectivity index (χ4v) is 3.05. The quantitative estimate of drug-likeness (QED) is 0.381. The molecule has 1 heterocycles. The Morgan fingerprint density at radius 1 is 1.00 bits per heavy atom. The number of nitrogens with zero attached hydrogens (tertiary/aromatic N) is 2. The van der Waals surface area contributed by atoms with Crippen LogP contribution >= 0.6 is 0 Å². The molecule has 1 saturated heterocycles. The summed E-state index contributed by atoms with van der Waals surface area (Å²) >= 11 is 0. The molecule has 3 rings (SSSR count). The van der Waals surface area contributed by atoms with E-state index in [0.29, 0.717) is 16.8 Å². The minimum atomic E-state index is -0.848. The maximum atomic E-state index is 12.9. The molecule has 0 atom stereocenters. The minimum absolute atomic E-state index is 0.125. The predicted octanol–water partition coefficient (Wildman–Crippen LogP) is 3.19. The molecule has 4 amide bonds. The number of hydrogen-bond acceptors (Lipinski definition) is 5. The molecule has 0 radical (unpaired) electrons. The van der Waals surface area contributed by atoms with Crippen LogP contribution in [0.2, 0.25) is 0 Å². The van der Waals surface area contributed by atoms with Gasteiger partial charge in [-0.25, -0.2) is 9.69 Å². The number of nitro benzene ring substituents is 1. The van der Waals surface area contributed by atoms with Crippen molar-refractivity contribution < 1.29 is 19.3 Å². The first-order valence-corrected chi connectivity index (χ1v) is 8.42. The van der Waals surface area contributed by atoms with E-state index in [4.69, 9.17) is 0 Å². The van der Waals surface area contributed by atoms with Crippen molar-refractivity contribution in [3.05, 3.63) is 74.3 Å². The third-order valence-electron chi connectivity index (χ3n) is 4.31. The van der Waals surface area contributed by atoms with E-state index in [1.807, 2.05) is 19.9 Å². The zero-order chi connectivity index (χ0) is 20.6. The standard InChI is InChI=1S/C20H17N3O5/c1-11-6-12(2)8-15(7-11)22-19(25)16(18(24)21-20(22)26)9-14-5-4-13(3)17(10-14)23(27)28/h4-10H,1-3H3,(H,21,24,26)/b16-9+. The second-order valence-electron chi connectivity index (χ2n) is 6.61. The largest absolute Gasteiger partial charge is 0.335 e. The van der Waals surface area contributed by atoms with Gasteiger partial charge in [0.2, 0.25) is 0 Å². The zero-order valence-electron chi connectivity index (χ0n) is 15.5. The molecule has 1 aliphatic heterocycles. The zero-order valence-corrected chi connectivity index (χ0v) is 15.5. The highest BCUT2D eigenvalue weighted by Gasteiger charge is 2.37. The third kappa shape index (κ3) is 3.52. The number of urea groups is 1. The smallest absolute Gasteiger partial charge is 0.273 e. The summed E-state index contributed by atoms with van der Waals surface area (Å²) in [6, 6.07) is 8.75. The normalized spacial score (nSPS) is 15.8. The van der Waals surface area contributed by atoms with E-state index in [0.717, 1.165) is 16.0 Å². The van der Waals surface area contributed by atoms with Gasteiger partial charge in [0.05, 0.1) is 10.6 Å². The lowest BCUT2D eigenvalue weighted by Gasteiger charge is -2.27. The summed E-state index contributed by atoms with van der Waals surface area (Å²) in [7, 11) is 0. The number of aryl methyl sites for hydroxylation is 3. The molecule has 1 N–H and O–H groups in total. The monoisotopic (exact) mass is 379 g/mol. The lowest BCUT2D eigenvalue weighted by atomic mass is 10.0. The summed E-state index contributed by atoms with van der Waals surface area (Å²) in [5.41, 5.74) is 2.41. The first-order valence-electron chi connectivity index (χ1n) is 8.42. The van der Waals surface area contributed by atoms with E-state index >= 15 is 0 Å². The summed E-state index contributed by atoms with van der Waals surface area (Å²) in [6.07, 6.45) is 1.24.